The fourth-order valence-electron chi connectivity index (χ4n) is 3.39. The van der Waals surface area contributed by atoms with Gasteiger partial charge < -0.3 is 9.84 Å². The van der Waals surface area contributed by atoms with Gasteiger partial charge in [-0.1, -0.05) is 12.1 Å². The predicted molar refractivity (Wildman–Crippen MR) is 91.2 cm³/mol. The van der Waals surface area contributed by atoms with Crippen LogP contribution in [-0.2, 0) is 6.42 Å². The summed E-state index contributed by atoms with van der Waals surface area (Å²) in [5, 5.41) is 11.1. The van der Waals surface area contributed by atoms with E-state index in [-0.39, 0.29) is 11.6 Å². The van der Waals surface area contributed by atoms with Gasteiger partial charge in [0.25, 0.3) is 0 Å². The van der Waals surface area contributed by atoms with Crippen molar-refractivity contribution in [2.45, 2.75) is 18.9 Å². The lowest BCUT2D eigenvalue weighted by Gasteiger charge is -2.26. The molecule has 1 aliphatic carbocycles. The summed E-state index contributed by atoms with van der Waals surface area (Å²) in [4.78, 5) is 11.2. The third kappa shape index (κ3) is 2.43. The predicted octanol–water partition coefficient (Wildman–Crippen LogP) is 3.29. The Balaban J connectivity index is 1.67. The van der Waals surface area contributed by atoms with Crippen LogP contribution in [0.15, 0.2) is 54.2 Å². The number of hydrogen-bond donors (Lipinski definition) is 2. The van der Waals surface area contributed by atoms with E-state index in [1.165, 1.54) is 16.7 Å². The summed E-state index contributed by atoms with van der Waals surface area (Å²) in [6.45, 7) is 0. The van der Waals surface area contributed by atoms with Crippen LogP contribution in [0.25, 0.3) is 0 Å². The normalized spacial score (nSPS) is 18.6. The quantitative estimate of drug-likeness (QED) is 0.908. The Bertz CT molecular complexity index is 844. The number of carbonyl (C=O) groups is 1. The van der Waals surface area contributed by atoms with E-state index in [4.69, 9.17) is 4.74 Å². The van der Waals surface area contributed by atoms with Gasteiger partial charge in [-0.2, -0.15) is 0 Å². The summed E-state index contributed by atoms with van der Waals surface area (Å²) < 4.78 is 5.36. The summed E-state index contributed by atoms with van der Waals surface area (Å²) in [6.07, 6.45) is 4.08. The number of hydrogen-bond acceptors (Lipinski definition) is 4. The van der Waals surface area contributed by atoms with Gasteiger partial charge >= 0.3 is 5.97 Å². The second kappa shape index (κ2) is 5.69. The van der Waals surface area contributed by atoms with Crippen LogP contribution < -0.4 is 15.2 Å². The maximum Gasteiger partial charge on any atom is 0.335 e. The molecule has 2 N–H and O–H groups in total. The average molecular weight is 322 g/mol. The number of aryl methyl sites for hydroxylation is 1. The van der Waals surface area contributed by atoms with E-state index < -0.39 is 5.97 Å². The van der Waals surface area contributed by atoms with E-state index in [1.807, 2.05) is 17.1 Å². The maximum atomic E-state index is 11.2. The summed E-state index contributed by atoms with van der Waals surface area (Å²) in [5.74, 6) is -0.0701. The van der Waals surface area contributed by atoms with E-state index in [0.29, 0.717) is 0 Å². The number of nitrogens with zero attached hydrogens (tertiary/aromatic N) is 1. The highest BCUT2D eigenvalue weighted by molar-refractivity contribution is 5.88. The zero-order valence-electron chi connectivity index (χ0n) is 13.3. The third-order valence-electron chi connectivity index (χ3n) is 4.65. The van der Waals surface area contributed by atoms with Crippen LogP contribution >= 0.6 is 0 Å². The van der Waals surface area contributed by atoms with E-state index in [2.05, 4.69) is 23.8 Å². The Morgan fingerprint density at radius 2 is 2.12 bits per heavy atom. The van der Waals surface area contributed by atoms with Crippen LogP contribution in [0.2, 0.25) is 0 Å². The van der Waals surface area contributed by atoms with Crippen molar-refractivity contribution in [3.8, 4) is 5.75 Å². The highest BCUT2D eigenvalue weighted by Crippen LogP contribution is 2.40. The van der Waals surface area contributed by atoms with Crippen LogP contribution in [-0.4, -0.2) is 18.2 Å². The number of methoxy groups -OCH3 is 1. The summed E-state index contributed by atoms with van der Waals surface area (Å²) >= 11 is 0. The summed E-state index contributed by atoms with van der Waals surface area (Å²) in [6, 6.07) is 13.3. The van der Waals surface area contributed by atoms with Crippen molar-refractivity contribution in [1.29, 1.82) is 0 Å². The molecule has 2 aliphatic rings. The molecule has 5 nitrogen and oxygen atoms in total. The Hall–Kier alpha value is -2.79. The molecule has 1 heterocycles. The topological polar surface area (TPSA) is 61.8 Å². The smallest absolute Gasteiger partial charge is 0.335 e. The SMILES string of the molecule is COc1ccc2c(c1)C1NN(c3cccc(C(=O)O)c3)C=C1CC2. The molecule has 0 bridgehead atoms. The van der Waals surface area contributed by atoms with Gasteiger partial charge in [-0.15, -0.1) is 0 Å². The van der Waals surface area contributed by atoms with E-state index in [0.717, 1.165) is 24.3 Å². The molecule has 2 aromatic rings. The number of carboxylic acids is 1. The van der Waals surface area contributed by atoms with Crippen molar-refractivity contribution in [3.63, 3.8) is 0 Å². The monoisotopic (exact) mass is 322 g/mol. The van der Waals surface area contributed by atoms with Crippen molar-refractivity contribution in [2.24, 2.45) is 0 Å². The lowest BCUT2D eigenvalue weighted by molar-refractivity contribution is 0.0697. The van der Waals surface area contributed by atoms with Gasteiger partial charge in [0, 0.05) is 6.20 Å². The molecule has 0 saturated carbocycles. The number of nitrogens with one attached hydrogen (secondary N) is 1. The molecule has 0 saturated heterocycles. The molecule has 0 radical (unpaired) electrons. The first-order valence-electron chi connectivity index (χ1n) is 7.92. The molecule has 2 aromatic carbocycles. The molecule has 5 heteroatoms. The van der Waals surface area contributed by atoms with Crippen molar-refractivity contribution >= 4 is 11.7 Å². The standard InChI is InChI=1S/C19H18N2O3/c1-24-16-8-7-12-5-6-14-11-21(20-18(14)17(12)10-16)15-4-2-3-13(9-15)19(22)23/h2-4,7-11,18,20H,5-6H2,1H3,(H,22,23). The second-order valence-corrected chi connectivity index (χ2v) is 6.06. The van der Waals surface area contributed by atoms with E-state index in [1.54, 1.807) is 25.3 Å². The Kier molecular flexibility index (Phi) is 3.50. The molecular weight excluding hydrogens is 304 g/mol. The van der Waals surface area contributed by atoms with Crippen LogP contribution in [0.3, 0.4) is 0 Å². The largest absolute Gasteiger partial charge is 0.497 e. The first kappa shape index (κ1) is 14.8. The average Bonchev–Trinajstić information content (AvgIpc) is 3.06. The van der Waals surface area contributed by atoms with Crippen molar-refractivity contribution in [1.82, 2.24) is 5.43 Å². The van der Waals surface area contributed by atoms with Crippen LogP contribution in [0.4, 0.5) is 5.69 Å². The molecule has 0 fully saturated rings. The number of hydrazine groups is 1. The number of carboxylic acid groups (broad SMARTS) is 1. The molecular formula is C19H18N2O3. The van der Waals surface area contributed by atoms with Gasteiger partial charge in [0.05, 0.1) is 24.4 Å². The van der Waals surface area contributed by atoms with Crippen LogP contribution in [0.5, 0.6) is 5.75 Å². The molecule has 24 heavy (non-hydrogen) atoms. The van der Waals surface area contributed by atoms with Gasteiger partial charge in [0.2, 0.25) is 0 Å². The summed E-state index contributed by atoms with van der Waals surface area (Å²) in [5.41, 5.74) is 8.43. The minimum absolute atomic E-state index is 0.109. The fourth-order valence-corrected chi connectivity index (χ4v) is 3.39. The maximum absolute atomic E-state index is 11.2. The lowest BCUT2D eigenvalue weighted by atomic mass is 9.85. The molecule has 0 spiro atoms. The van der Waals surface area contributed by atoms with Crippen molar-refractivity contribution in [3.05, 3.63) is 70.9 Å². The fraction of sp³-hybridized carbons (Fsp3) is 0.211. The minimum Gasteiger partial charge on any atom is -0.497 e. The van der Waals surface area contributed by atoms with E-state index in [9.17, 15) is 9.90 Å². The zero-order chi connectivity index (χ0) is 16.7. The Morgan fingerprint density at radius 3 is 2.92 bits per heavy atom. The molecule has 1 aliphatic heterocycles. The van der Waals surface area contributed by atoms with Crippen LogP contribution in [0, 0.1) is 0 Å². The van der Waals surface area contributed by atoms with Gasteiger partial charge in [0.1, 0.15) is 5.75 Å². The molecule has 1 atom stereocenters. The number of benzene rings is 2. The van der Waals surface area contributed by atoms with Gasteiger partial charge in [-0.3, -0.25) is 5.01 Å². The highest BCUT2D eigenvalue weighted by Gasteiger charge is 2.31. The van der Waals surface area contributed by atoms with Crippen molar-refractivity contribution in [2.75, 3.05) is 12.1 Å². The molecule has 1 unspecified atom stereocenters. The Morgan fingerprint density at radius 1 is 1.25 bits per heavy atom. The van der Waals surface area contributed by atoms with Gasteiger partial charge in [-0.05, 0) is 59.9 Å². The Labute approximate surface area is 140 Å². The number of rotatable bonds is 3. The molecule has 0 aromatic heterocycles. The second-order valence-electron chi connectivity index (χ2n) is 6.06. The molecule has 122 valence electrons. The highest BCUT2D eigenvalue weighted by atomic mass is 16.5. The third-order valence-corrected chi connectivity index (χ3v) is 4.65. The number of ether oxygens (including phenoxy) is 1. The zero-order valence-corrected chi connectivity index (χ0v) is 13.3. The summed E-state index contributed by atoms with van der Waals surface area (Å²) in [7, 11) is 1.67. The van der Waals surface area contributed by atoms with Gasteiger partial charge in [-0.25, -0.2) is 10.2 Å². The molecule has 0 amide bonds. The first-order valence-corrected chi connectivity index (χ1v) is 7.92. The number of anilines is 1. The van der Waals surface area contributed by atoms with Crippen molar-refractivity contribution < 1.29 is 14.6 Å². The van der Waals surface area contributed by atoms with E-state index >= 15 is 0 Å². The minimum atomic E-state index is -0.920. The lowest BCUT2D eigenvalue weighted by Crippen LogP contribution is -2.32. The van der Waals surface area contributed by atoms with Gasteiger partial charge in [0.15, 0.2) is 0 Å². The van der Waals surface area contributed by atoms with Crippen LogP contribution in [0.1, 0.15) is 33.9 Å². The first-order chi connectivity index (χ1) is 11.7. The number of aromatic carboxylic acids is 1. The number of fused-ring (bicyclic) bond motifs is 3. The molecule has 4 rings (SSSR count).